The Labute approximate surface area is 280 Å². The fraction of sp³-hybridized carbons (Fsp3) is 0.394. The second-order valence-corrected chi connectivity index (χ2v) is 14.4. The van der Waals surface area contributed by atoms with Crippen LogP contribution in [-0.2, 0) is 41.1 Å². The Morgan fingerprint density at radius 1 is 0.840 bits per heavy atom. The van der Waals surface area contributed by atoms with Crippen LogP contribution >= 0.6 is 0 Å². The van der Waals surface area contributed by atoms with Crippen molar-refractivity contribution in [3.8, 4) is 0 Å². The Morgan fingerprint density at radius 3 is 1.94 bits per heavy atom. The Hall–Kier alpha value is -4.12. The summed E-state index contributed by atoms with van der Waals surface area (Å²) in [5, 5.41) is 0. The van der Waals surface area contributed by atoms with Crippen molar-refractivity contribution in [2.45, 2.75) is 54.0 Å². The summed E-state index contributed by atoms with van der Waals surface area (Å²) in [4.78, 5) is 27.6. The summed E-state index contributed by atoms with van der Waals surface area (Å²) < 4.78 is 160. The number of carbonyl (C=O) groups is 2. The quantitative estimate of drug-likeness (QED) is 0.197. The molecule has 0 N–H and O–H groups in total. The van der Waals surface area contributed by atoms with Gasteiger partial charge in [0.15, 0.2) is 9.84 Å². The van der Waals surface area contributed by atoms with E-state index in [1.165, 1.54) is 16.7 Å². The summed E-state index contributed by atoms with van der Waals surface area (Å²) in [7, 11) is -4.63. The van der Waals surface area contributed by atoms with Gasteiger partial charge in [0.25, 0.3) is 5.60 Å². The van der Waals surface area contributed by atoms with Crippen molar-refractivity contribution >= 4 is 21.7 Å². The van der Waals surface area contributed by atoms with Crippen molar-refractivity contribution in [3.63, 3.8) is 0 Å². The van der Waals surface area contributed by atoms with E-state index in [2.05, 4.69) is 4.74 Å². The molecule has 2 aliphatic heterocycles. The lowest BCUT2D eigenvalue weighted by atomic mass is 9.88. The Kier molecular flexibility index (Phi) is 9.81. The minimum atomic E-state index is -6.24. The highest BCUT2D eigenvalue weighted by molar-refractivity contribution is 7.92. The van der Waals surface area contributed by atoms with E-state index in [4.69, 9.17) is 0 Å². The van der Waals surface area contributed by atoms with Crippen LogP contribution in [0.4, 0.5) is 39.5 Å². The van der Waals surface area contributed by atoms with Gasteiger partial charge in [0.2, 0.25) is 11.8 Å². The minimum absolute atomic E-state index is 0.0742. The number of alkyl halides is 6. The normalized spacial score (nSPS) is 20.4. The predicted molar refractivity (Wildman–Crippen MR) is 158 cm³/mol. The first-order valence-corrected chi connectivity index (χ1v) is 16.6. The zero-order valence-corrected chi connectivity index (χ0v) is 26.9. The molecule has 7 nitrogen and oxygen atoms in total. The van der Waals surface area contributed by atoms with E-state index >= 15 is 0 Å². The molecular formula is C33H29F9N2O5S. The Bertz CT molecular complexity index is 1830. The van der Waals surface area contributed by atoms with Crippen molar-refractivity contribution in [1.82, 2.24) is 9.80 Å². The molecule has 270 valence electrons. The Morgan fingerprint density at radius 2 is 1.42 bits per heavy atom. The van der Waals surface area contributed by atoms with Crippen LogP contribution in [0, 0.1) is 23.4 Å². The third-order valence-electron chi connectivity index (χ3n) is 9.28. The van der Waals surface area contributed by atoms with Crippen LogP contribution in [0.2, 0.25) is 0 Å². The SMILES string of the molecule is CC(=O)N1CCC(C(=O)N2CCC(c3ccc(C(OCc4c(F)cccc4F)(C(F)(F)F)C(F)(F)F)cc3)(S(=O)(=O)c3ccc(F)cc3)C2)C1. The largest absolute Gasteiger partial charge is 0.430 e. The topological polar surface area (TPSA) is 84.0 Å². The molecular weight excluding hydrogens is 707 g/mol. The number of benzene rings is 3. The number of carbonyl (C=O) groups excluding carboxylic acids is 2. The molecule has 17 heteroatoms. The second kappa shape index (κ2) is 13.2. The molecule has 0 saturated carbocycles. The molecule has 2 atom stereocenters. The summed E-state index contributed by atoms with van der Waals surface area (Å²) in [6.45, 7) is -0.835. The molecule has 3 aromatic carbocycles. The molecule has 0 spiro atoms. The van der Waals surface area contributed by atoms with Crippen LogP contribution in [0.5, 0.6) is 0 Å². The molecule has 2 heterocycles. The fourth-order valence-electron chi connectivity index (χ4n) is 6.52. The summed E-state index contributed by atoms with van der Waals surface area (Å²) in [6, 6.07) is 7.90. The van der Waals surface area contributed by atoms with Gasteiger partial charge in [-0.2, -0.15) is 26.3 Å². The molecule has 2 saturated heterocycles. The smallest absolute Gasteiger partial charge is 0.349 e. The lowest BCUT2D eigenvalue weighted by Crippen LogP contribution is -2.56. The van der Waals surface area contributed by atoms with E-state index in [1.54, 1.807) is 0 Å². The van der Waals surface area contributed by atoms with E-state index < -0.39 is 91.0 Å². The molecule has 0 aliphatic carbocycles. The van der Waals surface area contributed by atoms with Crippen LogP contribution in [0.15, 0.2) is 71.6 Å². The van der Waals surface area contributed by atoms with E-state index in [0.29, 0.717) is 24.3 Å². The number of hydrogen-bond donors (Lipinski definition) is 0. The highest BCUT2D eigenvalue weighted by Crippen LogP contribution is 2.54. The standard InChI is InChI=1S/C33H29F9N2O5S/c1-20(45)43-15-13-21(17-43)29(46)44-16-14-30(19-44,50(47,48)25-11-9-24(34)10-12-25)22-5-7-23(8-6-22)31(32(37,38)39,33(40,41)42)49-18-26-27(35)3-2-4-28(26)36/h2-12,21H,13-19H2,1H3. The summed E-state index contributed by atoms with van der Waals surface area (Å²) in [5.41, 5.74) is -8.14. The highest BCUT2D eigenvalue weighted by Gasteiger charge is 2.73. The average molecular weight is 737 g/mol. The van der Waals surface area contributed by atoms with Gasteiger partial charge in [-0.25, -0.2) is 21.6 Å². The zero-order valence-electron chi connectivity index (χ0n) is 26.1. The number of hydrogen-bond acceptors (Lipinski definition) is 5. The van der Waals surface area contributed by atoms with E-state index in [-0.39, 0.29) is 43.9 Å². The predicted octanol–water partition coefficient (Wildman–Crippen LogP) is 6.41. The van der Waals surface area contributed by atoms with Gasteiger partial charge in [-0.05, 0) is 54.8 Å². The number of nitrogens with zero attached hydrogens (tertiary/aromatic N) is 2. The molecule has 0 bridgehead atoms. The van der Waals surface area contributed by atoms with Crippen LogP contribution in [-0.4, -0.2) is 68.6 Å². The zero-order chi connectivity index (χ0) is 36.9. The Balaban J connectivity index is 1.58. The van der Waals surface area contributed by atoms with Crippen molar-refractivity contribution in [2.75, 3.05) is 26.2 Å². The van der Waals surface area contributed by atoms with Gasteiger partial charge in [0.05, 0.1) is 17.4 Å². The number of sulfone groups is 1. The molecule has 50 heavy (non-hydrogen) atoms. The molecule has 2 unspecified atom stereocenters. The first-order valence-electron chi connectivity index (χ1n) is 15.1. The number of amides is 2. The molecule has 3 aromatic rings. The number of halogens is 9. The first-order chi connectivity index (χ1) is 23.2. The number of rotatable bonds is 8. The highest BCUT2D eigenvalue weighted by atomic mass is 32.2. The summed E-state index contributed by atoms with van der Waals surface area (Å²) in [5.74, 6) is -5.12. The van der Waals surface area contributed by atoms with Crippen molar-refractivity contribution in [1.29, 1.82) is 0 Å². The van der Waals surface area contributed by atoms with Crippen LogP contribution in [0.25, 0.3) is 0 Å². The lowest BCUT2D eigenvalue weighted by Gasteiger charge is -2.38. The van der Waals surface area contributed by atoms with Crippen LogP contribution in [0.3, 0.4) is 0 Å². The monoisotopic (exact) mass is 736 g/mol. The fourth-order valence-corrected chi connectivity index (χ4v) is 8.60. The van der Waals surface area contributed by atoms with Gasteiger partial charge in [-0.3, -0.25) is 9.59 Å². The minimum Gasteiger partial charge on any atom is -0.349 e. The van der Waals surface area contributed by atoms with E-state index in [1.807, 2.05) is 0 Å². The summed E-state index contributed by atoms with van der Waals surface area (Å²) >= 11 is 0. The third-order valence-corrected chi connectivity index (χ3v) is 11.8. The second-order valence-electron chi connectivity index (χ2n) is 12.2. The molecule has 5 rings (SSSR count). The molecule has 0 aromatic heterocycles. The van der Waals surface area contributed by atoms with Crippen molar-refractivity contribution in [2.24, 2.45) is 5.92 Å². The molecule has 2 fully saturated rings. The first kappa shape index (κ1) is 37.1. The maximum absolute atomic E-state index is 14.5. The van der Waals surface area contributed by atoms with Gasteiger partial charge >= 0.3 is 12.4 Å². The van der Waals surface area contributed by atoms with Gasteiger partial charge in [0, 0.05) is 44.2 Å². The lowest BCUT2D eigenvalue weighted by molar-refractivity contribution is -0.392. The van der Waals surface area contributed by atoms with Crippen molar-refractivity contribution in [3.05, 3.63) is 101 Å². The maximum Gasteiger partial charge on any atom is 0.430 e. The van der Waals surface area contributed by atoms with Crippen LogP contribution in [0.1, 0.15) is 36.5 Å². The van der Waals surface area contributed by atoms with Crippen LogP contribution < -0.4 is 0 Å². The third kappa shape index (κ3) is 6.33. The molecule has 2 amide bonds. The van der Waals surface area contributed by atoms with Crippen molar-refractivity contribution < 1.29 is 62.3 Å². The van der Waals surface area contributed by atoms with Gasteiger partial charge in [-0.1, -0.05) is 30.3 Å². The van der Waals surface area contributed by atoms with E-state index in [0.717, 1.165) is 42.5 Å². The molecule has 2 aliphatic rings. The van der Waals surface area contributed by atoms with Gasteiger partial charge in [0.1, 0.15) is 22.2 Å². The average Bonchev–Trinajstić information content (AvgIpc) is 3.71. The number of likely N-dealkylation sites (tertiary alicyclic amines) is 2. The van der Waals surface area contributed by atoms with E-state index in [9.17, 15) is 57.5 Å². The van der Waals surface area contributed by atoms with Gasteiger partial charge in [-0.15, -0.1) is 0 Å². The molecule has 0 radical (unpaired) electrons. The maximum atomic E-state index is 14.5. The summed E-state index contributed by atoms with van der Waals surface area (Å²) in [6.07, 6.45) is -12.5. The van der Waals surface area contributed by atoms with Gasteiger partial charge < -0.3 is 14.5 Å². The number of ether oxygens (including phenoxy) is 1.